The van der Waals surface area contributed by atoms with Crippen LogP contribution in [0.25, 0.3) is 11.1 Å². The number of rotatable bonds is 4. The van der Waals surface area contributed by atoms with E-state index >= 15 is 0 Å². The number of anilines is 2. The molecule has 3 heterocycles. The Balaban J connectivity index is 1.42. The summed E-state index contributed by atoms with van der Waals surface area (Å²) in [6.45, 7) is 1.74. The maximum Gasteiger partial charge on any atom is 0.298 e. The average Bonchev–Trinajstić information content (AvgIpc) is 3.10. The second-order valence-corrected chi connectivity index (χ2v) is 7.10. The molecular formula is C19H20ClN5O2. The Hall–Kier alpha value is -2.80. The van der Waals surface area contributed by atoms with Crippen LogP contribution in [0.4, 0.5) is 11.8 Å². The molecule has 0 spiro atoms. The van der Waals surface area contributed by atoms with Gasteiger partial charge in [-0.3, -0.25) is 4.79 Å². The standard InChI is InChI=1S/C19H20ClN5O2/c20-14-5-6-16-15(9-14)24-19(27-16)25-8-2-4-13(11-25)18(26)23-10-12-3-1-7-22-17(12)21/h1,3,5-7,9,13H,2,4,8,10-11H2,(H2,21,22)(H,23,26). The van der Waals surface area contributed by atoms with Crippen LogP contribution in [-0.4, -0.2) is 29.0 Å². The molecule has 1 aliphatic rings. The Kier molecular flexibility index (Phi) is 4.85. The van der Waals surface area contributed by atoms with E-state index in [2.05, 4.69) is 15.3 Å². The van der Waals surface area contributed by atoms with E-state index in [1.807, 2.05) is 11.0 Å². The van der Waals surface area contributed by atoms with Crippen LogP contribution in [0.1, 0.15) is 18.4 Å². The zero-order valence-corrected chi connectivity index (χ0v) is 15.4. The van der Waals surface area contributed by atoms with Crippen molar-refractivity contribution in [1.82, 2.24) is 15.3 Å². The van der Waals surface area contributed by atoms with Gasteiger partial charge >= 0.3 is 0 Å². The zero-order chi connectivity index (χ0) is 18.8. The topological polar surface area (TPSA) is 97.3 Å². The van der Waals surface area contributed by atoms with Crippen molar-refractivity contribution in [3.63, 3.8) is 0 Å². The number of aromatic nitrogens is 2. The summed E-state index contributed by atoms with van der Waals surface area (Å²) >= 11 is 6.01. The summed E-state index contributed by atoms with van der Waals surface area (Å²) in [7, 11) is 0. The maximum absolute atomic E-state index is 12.6. The average molecular weight is 386 g/mol. The molecule has 4 rings (SSSR count). The molecule has 27 heavy (non-hydrogen) atoms. The lowest BCUT2D eigenvalue weighted by atomic mass is 9.97. The van der Waals surface area contributed by atoms with E-state index in [-0.39, 0.29) is 11.8 Å². The first-order chi connectivity index (χ1) is 13.1. The van der Waals surface area contributed by atoms with Crippen LogP contribution in [0, 0.1) is 5.92 Å². The highest BCUT2D eigenvalue weighted by Crippen LogP contribution is 2.28. The number of nitrogens with zero attached hydrogens (tertiary/aromatic N) is 3. The van der Waals surface area contributed by atoms with Crippen LogP contribution in [-0.2, 0) is 11.3 Å². The molecule has 0 bridgehead atoms. The van der Waals surface area contributed by atoms with E-state index in [1.165, 1.54) is 0 Å². The number of carbonyl (C=O) groups excluding carboxylic acids is 1. The van der Waals surface area contributed by atoms with Crippen LogP contribution >= 0.6 is 11.6 Å². The van der Waals surface area contributed by atoms with Gasteiger partial charge in [-0.25, -0.2) is 4.98 Å². The molecule has 3 aromatic rings. The summed E-state index contributed by atoms with van der Waals surface area (Å²) in [6, 6.07) is 9.55. The first kappa shape index (κ1) is 17.6. The van der Waals surface area contributed by atoms with Gasteiger partial charge in [0, 0.05) is 36.4 Å². The molecule has 3 N–H and O–H groups in total. The van der Waals surface area contributed by atoms with E-state index in [1.54, 1.807) is 30.5 Å². The van der Waals surface area contributed by atoms with Crippen molar-refractivity contribution in [3.05, 3.63) is 47.1 Å². The van der Waals surface area contributed by atoms with Gasteiger partial charge in [0.05, 0.1) is 5.92 Å². The number of oxazole rings is 1. The number of nitrogen functional groups attached to an aromatic ring is 1. The van der Waals surface area contributed by atoms with Gasteiger partial charge in [0.2, 0.25) is 5.91 Å². The van der Waals surface area contributed by atoms with Crippen molar-refractivity contribution in [3.8, 4) is 0 Å². The first-order valence-corrected chi connectivity index (χ1v) is 9.26. The SMILES string of the molecule is Nc1ncccc1CNC(=O)C1CCCN(c2nc3cc(Cl)ccc3o2)C1. The number of benzene rings is 1. The molecule has 8 heteroatoms. The minimum absolute atomic E-state index is 0.00195. The van der Waals surface area contributed by atoms with Gasteiger partial charge in [-0.1, -0.05) is 17.7 Å². The predicted molar refractivity (Wildman–Crippen MR) is 104 cm³/mol. The second-order valence-electron chi connectivity index (χ2n) is 6.66. The molecule has 1 fully saturated rings. The molecule has 7 nitrogen and oxygen atoms in total. The molecule has 140 valence electrons. The second kappa shape index (κ2) is 7.44. The van der Waals surface area contributed by atoms with Gasteiger partial charge in [-0.15, -0.1) is 0 Å². The fourth-order valence-electron chi connectivity index (χ4n) is 3.32. The number of hydrogen-bond acceptors (Lipinski definition) is 6. The number of hydrogen-bond donors (Lipinski definition) is 2. The predicted octanol–water partition coefficient (Wildman–Crippen LogP) is 2.99. The summed E-state index contributed by atoms with van der Waals surface area (Å²) in [5, 5.41) is 3.58. The normalized spacial score (nSPS) is 17.2. The lowest BCUT2D eigenvalue weighted by Crippen LogP contribution is -2.43. The number of fused-ring (bicyclic) bond motifs is 1. The van der Waals surface area contributed by atoms with Gasteiger partial charge in [-0.2, -0.15) is 4.98 Å². The zero-order valence-electron chi connectivity index (χ0n) is 14.7. The lowest BCUT2D eigenvalue weighted by molar-refractivity contribution is -0.125. The fourth-order valence-corrected chi connectivity index (χ4v) is 3.48. The van der Waals surface area contributed by atoms with E-state index < -0.39 is 0 Å². The van der Waals surface area contributed by atoms with Crippen LogP contribution < -0.4 is 16.0 Å². The summed E-state index contributed by atoms with van der Waals surface area (Å²) in [4.78, 5) is 23.2. The molecule has 0 radical (unpaired) electrons. The highest BCUT2D eigenvalue weighted by atomic mass is 35.5. The number of nitrogens with one attached hydrogen (secondary N) is 1. The monoisotopic (exact) mass is 385 g/mol. The van der Waals surface area contributed by atoms with Gasteiger partial charge in [0.15, 0.2) is 5.58 Å². The van der Waals surface area contributed by atoms with Gasteiger partial charge in [0.1, 0.15) is 11.3 Å². The number of nitrogens with two attached hydrogens (primary N) is 1. The van der Waals surface area contributed by atoms with Crippen LogP contribution in [0.2, 0.25) is 5.02 Å². The summed E-state index contributed by atoms with van der Waals surface area (Å²) in [5.41, 5.74) is 8.05. The fraction of sp³-hybridized carbons (Fsp3) is 0.316. The molecule has 1 aliphatic heterocycles. The molecule has 1 aromatic carbocycles. The number of piperidine rings is 1. The lowest BCUT2D eigenvalue weighted by Gasteiger charge is -2.30. The Morgan fingerprint density at radius 3 is 3.15 bits per heavy atom. The van der Waals surface area contributed by atoms with Crippen molar-refractivity contribution in [2.45, 2.75) is 19.4 Å². The van der Waals surface area contributed by atoms with Gasteiger partial charge in [-0.05, 0) is 37.1 Å². The molecule has 1 saturated heterocycles. The largest absolute Gasteiger partial charge is 0.423 e. The minimum atomic E-state index is -0.129. The third-order valence-electron chi connectivity index (χ3n) is 4.78. The van der Waals surface area contributed by atoms with E-state index in [0.29, 0.717) is 35.5 Å². The molecule has 1 atom stereocenters. The van der Waals surface area contributed by atoms with Crippen LogP contribution in [0.5, 0.6) is 0 Å². The number of carbonyl (C=O) groups is 1. The van der Waals surface area contributed by atoms with Crippen molar-refractivity contribution < 1.29 is 9.21 Å². The Morgan fingerprint density at radius 2 is 2.30 bits per heavy atom. The molecule has 0 saturated carbocycles. The third-order valence-corrected chi connectivity index (χ3v) is 5.02. The third kappa shape index (κ3) is 3.83. The maximum atomic E-state index is 12.6. The first-order valence-electron chi connectivity index (χ1n) is 8.88. The highest BCUT2D eigenvalue weighted by Gasteiger charge is 2.28. The van der Waals surface area contributed by atoms with Gasteiger partial charge < -0.3 is 20.4 Å². The van der Waals surface area contributed by atoms with E-state index in [0.717, 1.165) is 30.5 Å². The molecule has 1 unspecified atom stereocenters. The Morgan fingerprint density at radius 1 is 1.41 bits per heavy atom. The van der Waals surface area contributed by atoms with Crippen LogP contribution in [0.3, 0.4) is 0 Å². The van der Waals surface area contributed by atoms with Crippen molar-refractivity contribution in [1.29, 1.82) is 0 Å². The number of halogens is 1. The molecule has 0 aliphatic carbocycles. The van der Waals surface area contributed by atoms with Gasteiger partial charge in [0.25, 0.3) is 6.01 Å². The van der Waals surface area contributed by atoms with Crippen molar-refractivity contribution in [2.24, 2.45) is 5.92 Å². The summed E-state index contributed by atoms with van der Waals surface area (Å²) < 4.78 is 5.84. The quantitative estimate of drug-likeness (QED) is 0.716. The molecule has 2 aromatic heterocycles. The number of amides is 1. The van der Waals surface area contributed by atoms with E-state index in [9.17, 15) is 4.79 Å². The summed E-state index contributed by atoms with van der Waals surface area (Å²) in [6.07, 6.45) is 3.36. The van der Waals surface area contributed by atoms with E-state index in [4.69, 9.17) is 21.8 Å². The summed E-state index contributed by atoms with van der Waals surface area (Å²) in [5.74, 6) is 0.311. The smallest absolute Gasteiger partial charge is 0.298 e. The molecular weight excluding hydrogens is 366 g/mol. The molecule has 1 amide bonds. The Bertz CT molecular complexity index is 974. The Labute approximate surface area is 161 Å². The number of pyridine rings is 1. The van der Waals surface area contributed by atoms with Crippen molar-refractivity contribution in [2.75, 3.05) is 23.7 Å². The van der Waals surface area contributed by atoms with Crippen molar-refractivity contribution >= 4 is 40.4 Å². The highest BCUT2D eigenvalue weighted by molar-refractivity contribution is 6.31. The van der Waals surface area contributed by atoms with Crippen LogP contribution in [0.15, 0.2) is 40.9 Å². The minimum Gasteiger partial charge on any atom is -0.423 e.